The lowest BCUT2D eigenvalue weighted by atomic mass is 10.0. The van der Waals surface area contributed by atoms with E-state index in [1.807, 2.05) is 26.0 Å². The van der Waals surface area contributed by atoms with Crippen LogP contribution in [0.1, 0.15) is 19.4 Å². The lowest BCUT2D eigenvalue weighted by Gasteiger charge is -2.14. The van der Waals surface area contributed by atoms with Gasteiger partial charge in [0.05, 0.1) is 12.3 Å². The zero-order valence-corrected chi connectivity index (χ0v) is 13.9. The fourth-order valence-electron chi connectivity index (χ4n) is 2.16. The van der Waals surface area contributed by atoms with E-state index < -0.39 is 0 Å². The van der Waals surface area contributed by atoms with Crippen LogP contribution < -0.4 is 10.7 Å². The standard InChI is InChI=1S/C17H21N3OS/c1-12(11-21-3)18-17(22)20-19-13(2)15-9-8-14-6-4-5-7-16(14)10-15/h4-10,12H,11H2,1-3H3,(H2,18,20,22)/b19-13-/t12-/m0/s1. The molecule has 116 valence electrons. The van der Waals surface area contributed by atoms with E-state index in [1.54, 1.807) is 7.11 Å². The number of hydrogen-bond donors (Lipinski definition) is 2. The summed E-state index contributed by atoms with van der Waals surface area (Å²) in [4.78, 5) is 0. The van der Waals surface area contributed by atoms with Gasteiger partial charge in [-0.2, -0.15) is 5.10 Å². The molecule has 0 radical (unpaired) electrons. The summed E-state index contributed by atoms with van der Waals surface area (Å²) in [7, 11) is 1.66. The Morgan fingerprint density at radius 1 is 1.23 bits per heavy atom. The highest BCUT2D eigenvalue weighted by Gasteiger charge is 2.03. The molecule has 0 amide bonds. The summed E-state index contributed by atoms with van der Waals surface area (Å²) in [6, 6.07) is 14.7. The molecular formula is C17H21N3OS. The van der Waals surface area contributed by atoms with Crippen molar-refractivity contribution >= 4 is 33.8 Å². The van der Waals surface area contributed by atoms with E-state index in [-0.39, 0.29) is 6.04 Å². The second-order valence-corrected chi connectivity index (χ2v) is 5.61. The van der Waals surface area contributed by atoms with Crippen LogP contribution >= 0.6 is 12.2 Å². The van der Waals surface area contributed by atoms with Crippen molar-refractivity contribution in [1.82, 2.24) is 10.7 Å². The van der Waals surface area contributed by atoms with Crippen LogP contribution in [-0.4, -0.2) is 30.6 Å². The van der Waals surface area contributed by atoms with Crippen LogP contribution in [0.2, 0.25) is 0 Å². The Labute approximate surface area is 136 Å². The number of rotatable bonds is 5. The Bertz CT molecular complexity index is 684. The van der Waals surface area contributed by atoms with E-state index in [1.165, 1.54) is 10.8 Å². The molecular weight excluding hydrogens is 294 g/mol. The van der Waals surface area contributed by atoms with E-state index in [0.717, 1.165) is 11.3 Å². The number of ether oxygens (including phenoxy) is 1. The third-order valence-electron chi connectivity index (χ3n) is 3.29. The van der Waals surface area contributed by atoms with Crippen molar-refractivity contribution in [1.29, 1.82) is 0 Å². The fraction of sp³-hybridized carbons (Fsp3) is 0.294. The first-order valence-corrected chi connectivity index (χ1v) is 7.60. The number of benzene rings is 2. The zero-order valence-electron chi connectivity index (χ0n) is 13.1. The highest BCUT2D eigenvalue weighted by atomic mass is 32.1. The molecule has 0 aliphatic heterocycles. The van der Waals surface area contributed by atoms with Crippen LogP contribution in [0.5, 0.6) is 0 Å². The van der Waals surface area contributed by atoms with E-state index in [4.69, 9.17) is 17.0 Å². The number of methoxy groups -OCH3 is 1. The van der Waals surface area contributed by atoms with Crippen molar-refractivity contribution < 1.29 is 4.74 Å². The van der Waals surface area contributed by atoms with Crippen LogP contribution in [0, 0.1) is 0 Å². The molecule has 5 heteroatoms. The average molecular weight is 315 g/mol. The number of nitrogens with zero attached hydrogens (tertiary/aromatic N) is 1. The molecule has 4 nitrogen and oxygen atoms in total. The maximum atomic E-state index is 5.20. The summed E-state index contributed by atoms with van der Waals surface area (Å²) in [5, 5.41) is 10.4. The number of hydrogen-bond acceptors (Lipinski definition) is 3. The average Bonchev–Trinajstić information content (AvgIpc) is 2.52. The van der Waals surface area contributed by atoms with Crippen molar-refractivity contribution in [2.24, 2.45) is 5.10 Å². The Kier molecular flexibility index (Phi) is 5.86. The van der Waals surface area contributed by atoms with Crippen LogP contribution in [0.15, 0.2) is 47.6 Å². The molecule has 0 unspecified atom stereocenters. The Hall–Kier alpha value is -1.98. The fourth-order valence-corrected chi connectivity index (χ4v) is 2.41. The minimum atomic E-state index is 0.140. The summed E-state index contributed by atoms with van der Waals surface area (Å²) in [5.41, 5.74) is 4.82. The molecule has 0 aliphatic carbocycles. The molecule has 0 bridgehead atoms. The molecule has 1 atom stereocenters. The topological polar surface area (TPSA) is 45.6 Å². The summed E-state index contributed by atoms with van der Waals surface area (Å²) in [5.74, 6) is 0. The molecule has 2 aromatic carbocycles. The van der Waals surface area contributed by atoms with Gasteiger partial charge in [-0.05, 0) is 48.5 Å². The van der Waals surface area contributed by atoms with Gasteiger partial charge in [-0.1, -0.05) is 36.4 Å². The van der Waals surface area contributed by atoms with Gasteiger partial charge in [-0.3, -0.25) is 5.43 Å². The van der Waals surface area contributed by atoms with Gasteiger partial charge in [-0.25, -0.2) is 0 Å². The lowest BCUT2D eigenvalue weighted by Crippen LogP contribution is -2.40. The summed E-state index contributed by atoms with van der Waals surface area (Å²) >= 11 is 5.20. The molecule has 2 rings (SSSR count). The Morgan fingerprint density at radius 2 is 1.95 bits per heavy atom. The van der Waals surface area contributed by atoms with Gasteiger partial charge >= 0.3 is 0 Å². The van der Waals surface area contributed by atoms with Crippen LogP contribution in [-0.2, 0) is 4.74 Å². The third-order valence-corrected chi connectivity index (χ3v) is 3.50. The molecule has 0 heterocycles. The number of fused-ring (bicyclic) bond motifs is 1. The highest BCUT2D eigenvalue weighted by Crippen LogP contribution is 2.16. The van der Waals surface area contributed by atoms with E-state index in [2.05, 4.69) is 46.2 Å². The zero-order chi connectivity index (χ0) is 15.9. The van der Waals surface area contributed by atoms with Gasteiger partial charge in [0.2, 0.25) is 0 Å². The quantitative estimate of drug-likeness (QED) is 0.506. The van der Waals surface area contributed by atoms with Crippen LogP contribution in [0.4, 0.5) is 0 Å². The largest absolute Gasteiger partial charge is 0.383 e. The third kappa shape index (κ3) is 4.51. The van der Waals surface area contributed by atoms with E-state index in [0.29, 0.717) is 11.7 Å². The first kappa shape index (κ1) is 16.4. The predicted octanol–water partition coefficient (Wildman–Crippen LogP) is 3.06. The minimum absolute atomic E-state index is 0.140. The molecule has 2 N–H and O–H groups in total. The second-order valence-electron chi connectivity index (χ2n) is 5.20. The molecule has 22 heavy (non-hydrogen) atoms. The smallest absolute Gasteiger partial charge is 0.187 e. The summed E-state index contributed by atoms with van der Waals surface area (Å²) in [6.45, 7) is 4.55. The van der Waals surface area contributed by atoms with Gasteiger partial charge in [0.25, 0.3) is 0 Å². The Balaban J connectivity index is 2.02. The lowest BCUT2D eigenvalue weighted by molar-refractivity contribution is 0.179. The minimum Gasteiger partial charge on any atom is -0.383 e. The first-order valence-electron chi connectivity index (χ1n) is 7.19. The van der Waals surface area contributed by atoms with Crippen molar-refractivity contribution in [2.75, 3.05) is 13.7 Å². The normalized spacial score (nSPS) is 13.0. The van der Waals surface area contributed by atoms with Crippen molar-refractivity contribution in [2.45, 2.75) is 19.9 Å². The molecule has 0 aliphatic rings. The maximum absolute atomic E-state index is 5.20. The van der Waals surface area contributed by atoms with Gasteiger partial charge in [0.1, 0.15) is 0 Å². The SMILES string of the molecule is COC[C@H](C)NC(=S)N/N=C(/C)c1ccc2ccccc2c1. The van der Waals surface area contributed by atoms with E-state index in [9.17, 15) is 0 Å². The van der Waals surface area contributed by atoms with Crippen LogP contribution in [0.3, 0.4) is 0 Å². The maximum Gasteiger partial charge on any atom is 0.187 e. The van der Waals surface area contributed by atoms with Gasteiger partial charge in [0.15, 0.2) is 5.11 Å². The first-order chi connectivity index (χ1) is 10.6. The van der Waals surface area contributed by atoms with Crippen LogP contribution in [0.25, 0.3) is 10.8 Å². The predicted molar refractivity (Wildman–Crippen MR) is 96.4 cm³/mol. The highest BCUT2D eigenvalue weighted by molar-refractivity contribution is 7.80. The molecule has 0 saturated heterocycles. The monoisotopic (exact) mass is 315 g/mol. The number of nitrogens with one attached hydrogen (secondary N) is 2. The Morgan fingerprint density at radius 3 is 2.68 bits per heavy atom. The summed E-state index contributed by atoms with van der Waals surface area (Å²) < 4.78 is 5.05. The number of thiocarbonyl (C=S) groups is 1. The molecule has 0 saturated carbocycles. The number of hydrazone groups is 1. The van der Waals surface area contributed by atoms with Gasteiger partial charge in [-0.15, -0.1) is 0 Å². The molecule has 0 spiro atoms. The summed E-state index contributed by atoms with van der Waals surface area (Å²) in [6.07, 6.45) is 0. The van der Waals surface area contributed by atoms with Crippen molar-refractivity contribution in [3.63, 3.8) is 0 Å². The second kappa shape index (κ2) is 7.87. The molecule has 2 aromatic rings. The molecule has 0 aromatic heterocycles. The van der Waals surface area contributed by atoms with Gasteiger partial charge < -0.3 is 10.1 Å². The van der Waals surface area contributed by atoms with E-state index >= 15 is 0 Å². The van der Waals surface area contributed by atoms with Gasteiger partial charge in [0, 0.05) is 13.2 Å². The molecule has 0 fully saturated rings. The van der Waals surface area contributed by atoms with Crippen molar-refractivity contribution in [3.8, 4) is 0 Å². The van der Waals surface area contributed by atoms with Crippen molar-refractivity contribution in [3.05, 3.63) is 48.0 Å².